The Bertz CT molecular complexity index is 1030. The molecule has 8 heteroatoms. The molecule has 2 saturated heterocycles. The minimum absolute atomic E-state index is 0.103. The molecule has 2 fully saturated rings. The third kappa shape index (κ3) is 2.99. The van der Waals surface area contributed by atoms with E-state index in [1.54, 1.807) is 25.4 Å². The minimum Gasteiger partial charge on any atom is -0.439 e. The Morgan fingerprint density at radius 1 is 1.21 bits per heavy atom. The summed E-state index contributed by atoms with van der Waals surface area (Å²) in [5.74, 6) is 1.70. The second-order valence-corrected chi connectivity index (χ2v) is 7.66. The van der Waals surface area contributed by atoms with E-state index in [4.69, 9.17) is 10.2 Å². The van der Waals surface area contributed by atoms with E-state index in [-0.39, 0.29) is 24.2 Å². The van der Waals surface area contributed by atoms with Crippen LogP contribution in [0.25, 0.3) is 22.4 Å². The number of hydrogen-bond donors (Lipinski definition) is 2. The number of pyridine rings is 2. The molecule has 2 bridgehead atoms. The summed E-state index contributed by atoms with van der Waals surface area (Å²) >= 11 is 0. The van der Waals surface area contributed by atoms with Gasteiger partial charge in [0.25, 0.3) is 0 Å². The molecule has 28 heavy (non-hydrogen) atoms. The summed E-state index contributed by atoms with van der Waals surface area (Å²) in [5, 5.41) is 3.83. The van der Waals surface area contributed by atoms with Gasteiger partial charge in [0.2, 0.25) is 0 Å². The normalized spacial score (nSPS) is 23.9. The summed E-state index contributed by atoms with van der Waals surface area (Å²) in [6, 6.07) is 6.15. The molecule has 2 aliphatic heterocycles. The Balaban J connectivity index is 1.39. The lowest BCUT2D eigenvalue weighted by molar-refractivity contribution is 0.150. The molecule has 5 heterocycles. The van der Waals surface area contributed by atoms with Crippen molar-refractivity contribution in [1.29, 1.82) is 0 Å². The maximum Gasteiger partial charge on any atom is 0.323 e. The van der Waals surface area contributed by atoms with Crippen LogP contribution in [0.1, 0.15) is 31.6 Å². The topological polar surface area (TPSA) is 110 Å². The Morgan fingerprint density at radius 3 is 2.71 bits per heavy atom. The molecule has 3 atom stereocenters. The molecule has 3 aromatic heterocycles. The molecular weight excluding hydrogens is 356 g/mol. The van der Waals surface area contributed by atoms with Crippen LogP contribution < -0.4 is 11.1 Å². The molecule has 0 unspecified atom stereocenters. The van der Waals surface area contributed by atoms with Crippen molar-refractivity contribution >= 4 is 22.8 Å². The maximum atomic E-state index is 12.9. The number of piperidine rings is 1. The molecule has 8 nitrogen and oxygen atoms in total. The van der Waals surface area contributed by atoms with Crippen LogP contribution in [0.2, 0.25) is 0 Å². The van der Waals surface area contributed by atoms with Gasteiger partial charge in [-0.1, -0.05) is 0 Å². The summed E-state index contributed by atoms with van der Waals surface area (Å²) < 4.78 is 5.56. The summed E-state index contributed by atoms with van der Waals surface area (Å²) in [5.41, 5.74) is 7.54. The molecule has 0 aromatic carbocycles. The van der Waals surface area contributed by atoms with Gasteiger partial charge in [0.05, 0.1) is 11.7 Å². The number of urea groups is 1. The summed E-state index contributed by atoms with van der Waals surface area (Å²) in [4.78, 5) is 27.9. The number of aromatic nitrogens is 3. The van der Waals surface area contributed by atoms with Crippen LogP contribution in [0.15, 0.2) is 35.0 Å². The van der Waals surface area contributed by atoms with Crippen molar-refractivity contribution in [1.82, 2.24) is 19.9 Å². The number of amides is 2. The Kier molecular flexibility index (Phi) is 4.01. The third-order valence-corrected chi connectivity index (χ3v) is 5.69. The highest BCUT2D eigenvalue weighted by Crippen LogP contribution is 2.35. The van der Waals surface area contributed by atoms with Gasteiger partial charge in [-0.25, -0.2) is 19.7 Å². The van der Waals surface area contributed by atoms with E-state index < -0.39 is 0 Å². The minimum atomic E-state index is -0.103. The van der Waals surface area contributed by atoms with Crippen molar-refractivity contribution in [3.63, 3.8) is 0 Å². The standard InChI is InChI=1S/C20H22N6O2/c1-11-22-10-18(28-11)16-5-2-12-9-23-19(8-17(12)24-16)25-20(27)26-14-3-4-15(26)7-13(21)6-14/h2,5,8-10,13-15H,3-4,6-7,21H2,1H3,(H,23,25,27)/t13-,14-,15+. The van der Waals surface area contributed by atoms with Gasteiger partial charge in [0.15, 0.2) is 11.7 Å². The number of nitrogens with one attached hydrogen (secondary N) is 1. The predicted octanol–water partition coefficient (Wildman–Crippen LogP) is 3.08. The first kappa shape index (κ1) is 17.1. The van der Waals surface area contributed by atoms with Crippen LogP contribution in [0.5, 0.6) is 0 Å². The van der Waals surface area contributed by atoms with Gasteiger partial charge in [-0.15, -0.1) is 0 Å². The SMILES string of the molecule is Cc1ncc(-c2ccc3cnc(NC(=O)N4[C@@H]5CC[C@H]4C[C@H](N)C5)cc3n2)o1. The smallest absolute Gasteiger partial charge is 0.323 e. The predicted molar refractivity (Wildman–Crippen MR) is 105 cm³/mol. The van der Waals surface area contributed by atoms with Crippen molar-refractivity contribution in [3.05, 3.63) is 36.5 Å². The fourth-order valence-corrected chi connectivity index (χ4v) is 4.43. The molecule has 0 aliphatic carbocycles. The van der Waals surface area contributed by atoms with Gasteiger partial charge >= 0.3 is 6.03 Å². The van der Waals surface area contributed by atoms with E-state index in [9.17, 15) is 4.79 Å². The summed E-state index contributed by atoms with van der Waals surface area (Å²) in [6.45, 7) is 1.79. The number of fused-ring (bicyclic) bond motifs is 3. The first-order valence-electron chi connectivity index (χ1n) is 9.61. The monoisotopic (exact) mass is 378 g/mol. The number of anilines is 1. The number of hydrogen-bond acceptors (Lipinski definition) is 6. The van der Waals surface area contributed by atoms with Crippen molar-refractivity contribution in [2.45, 2.75) is 50.7 Å². The molecule has 3 N–H and O–H groups in total. The number of rotatable bonds is 2. The molecule has 0 spiro atoms. The highest BCUT2D eigenvalue weighted by atomic mass is 16.4. The fourth-order valence-electron chi connectivity index (χ4n) is 4.43. The quantitative estimate of drug-likeness (QED) is 0.709. The van der Waals surface area contributed by atoms with Crippen LogP contribution in [0.3, 0.4) is 0 Å². The van der Waals surface area contributed by atoms with Gasteiger partial charge in [-0.2, -0.15) is 0 Å². The summed E-state index contributed by atoms with van der Waals surface area (Å²) in [6.07, 6.45) is 7.17. The molecule has 2 amide bonds. The Hall–Kier alpha value is -3.00. The largest absolute Gasteiger partial charge is 0.439 e. The summed E-state index contributed by atoms with van der Waals surface area (Å²) in [7, 11) is 0. The molecule has 5 rings (SSSR count). The molecule has 3 aromatic rings. The molecule has 2 aliphatic rings. The van der Waals surface area contributed by atoms with E-state index in [1.807, 2.05) is 17.0 Å². The first-order valence-corrected chi connectivity index (χ1v) is 9.61. The van der Waals surface area contributed by atoms with Crippen LogP contribution in [-0.2, 0) is 0 Å². The van der Waals surface area contributed by atoms with Crippen molar-refractivity contribution in [2.24, 2.45) is 5.73 Å². The zero-order valence-corrected chi connectivity index (χ0v) is 15.6. The van der Waals surface area contributed by atoms with Gasteiger partial charge < -0.3 is 15.1 Å². The van der Waals surface area contributed by atoms with E-state index in [1.165, 1.54) is 0 Å². The van der Waals surface area contributed by atoms with Crippen molar-refractivity contribution in [2.75, 3.05) is 5.32 Å². The van der Waals surface area contributed by atoms with Crippen LogP contribution in [0, 0.1) is 6.92 Å². The molecule has 0 saturated carbocycles. The number of nitrogens with two attached hydrogens (primary N) is 1. The van der Waals surface area contributed by atoms with E-state index in [0.29, 0.717) is 23.2 Å². The Labute approximate surface area is 162 Å². The molecular formula is C20H22N6O2. The van der Waals surface area contributed by atoms with Crippen molar-refractivity contribution < 1.29 is 9.21 Å². The third-order valence-electron chi connectivity index (χ3n) is 5.69. The average molecular weight is 378 g/mol. The van der Waals surface area contributed by atoms with Crippen LogP contribution in [0.4, 0.5) is 10.6 Å². The lowest BCUT2D eigenvalue weighted by atomic mass is 9.99. The van der Waals surface area contributed by atoms with E-state index in [0.717, 1.165) is 36.6 Å². The van der Waals surface area contributed by atoms with E-state index >= 15 is 0 Å². The van der Waals surface area contributed by atoms with Gasteiger partial charge in [-0.3, -0.25) is 5.32 Å². The zero-order chi connectivity index (χ0) is 19.3. The van der Waals surface area contributed by atoms with Gasteiger partial charge in [0.1, 0.15) is 11.5 Å². The number of oxazole rings is 1. The van der Waals surface area contributed by atoms with Crippen LogP contribution in [-0.4, -0.2) is 44.0 Å². The van der Waals surface area contributed by atoms with E-state index in [2.05, 4.69) is 20.3 Å². The van der Waals surface area contributed by atoms with Gasteiger partial charge in [-0.05, 0) is 37.8 Å². The average Bonchev–Trinajstić information content (AvgIpc) is 3.22. The Morgan fingerprint density at radius 2 is 2.00 bits per heavy atom. The highest BCUT2D eigenvalue weighted by molar-refractivity contribution is 5.91. The number of carbonyl (C=O) groups excluding carboxylic acids is 1. The highest BCUT2D eigenvalue weighted by Gasteiger charge is 2.42. The first-order chi connectivity index (χ1) is 13.6. The second-order valence-electron chi connectivity index (χ2n) is 7.66. The maximum absolute atomic E-state index is 12.9. The fraction of sp³-hybridized carbons (Fsp3) is 0.400. The zero-order valence-electron chi connectivity index (χ0n) is 15.6. The lowest BCUT2D eigenvalue weighted by Gasteiger charge is -2.37. The lowest BCUT2D eigenvalue weighted by Crippen LogP contribution is -2.51. The van der Waals surface area contributed by atoms with Crippen LogP contribution >= 0.6 is 0 Å². The second kappa shape index (κ2) is 6.56. The van der Waals surface area contributed by atoms with Crippen molar-refractivity contribution in [3.8, 4) is 11.5 Å². The van der Waals surface area contributed by atoms with Gasteiger partial charge in [0, 0.05) is 42.7 Å². The number of aryl methyl sites for hydroxylation is 1. The number of carbonyl (C=O) groups is 1. The molecule has 0 radical (unpaired) electrons. The number of nitrogens with zero attached hydrogens (tertiary/aromatic N) is 4. The molecule has 144 valence electrons.